The standard InChI is InChI=1S/C22H26N4O2/c1-5-7-17-10-16(11-20(27-3)22(17)28-4)12-24-14-19-15-26(2)25-21(19)18-8-6-9-23-13-18/h5-6,8-11,13,15,24H,1,7,12,14H2,2-4H3. The van der Waals surface area contributed by atoms with Crippen molar-refractivity contribution in [1.29, 1.82) is 0 Å². The second-order valence-corrected chi connectivity index (χ2v) is 6.51. The van der Waals surface area contributed by atoms with Gasteiger partial charge in [0, 0.05) is 55.4 Å². The first-order valence-corrected chi connectivity index (χ1v) is 9.14. The molecule has 3 rings (SSSR count). The van der Waals surface area contributed by atoms with E-state index in [9.17, 15) is 0 Å². The van der Waals surface area contributed by atoms with Crippen LogP contribution in [0.1, 0.15) is 16.7 Å². The van der Waals surface area contributed by atoms with E-state index in [1.807, 2.05) is 48.4 Å². The molecule has 2 heterocycles. The van der Waals surface area contributed by atoms with Crippen LogP contribution in [0, 0.1) is 0 Å². The van der Waals surface area contributed by atoms with E-state index >= 15 is 0 Å². The minimum Gasteiger partial charge on any atom is -0.493 e. The average Bonchev–Trinajstić information content (AvgIpc) is 3.09. The highest BCUT2D eigenvalue weighted by Gasteiger charge is 2.13. The molecule has 6 nitrogen and oxygen atoms in total. The molecule has 0 bridgehead atoms. The van der Waals surface area contributed by atoms with Crippen LogP contribution in [0.3, 0.4) is 0 Å². The first-order chi connectivity index (χ1) is 13.7. The van der Waals surface area contributed by atoms with E-state index in [1.165, 1.54) is 0 Å². The molecule has 1 N–H and O–H groups in total. The number of pyridine rings is 1. The van der Waals surface area contributed by atoms with Crippen LogP contribution in [0.15, 0.2) is 55.5 Å². The Bertz CT molecular complexity index is 935. The molecule has 28 heavy (non-hydrogen) atoms. The van der Waals surface area contributed by atoms with E-state index in [4.69, 9.17) is 9.47 Å². The molecule has 0 saturated carbocycles. The summed E-state index contributed by atoms with van der Waals surface area (Å²) in [6.07, 6.45) is 8.22. The zero-order chi connectivity index (χ0) is 19.9. The van der Waals surface area contributed by atoms with Crippen LogP contribution in [-0.2, 0) is 26.6 Å². The maximum atomic E-state index is 5.51. The number of allylic oxidation sites excluding steroid dienone is 1. The number of hydrogen-bond donors (Lipinski definition) is 1. The molecule has 0 aliphatic rings. The van der Waals surface area contributed by atoms with Crippen LogP contribution >= 0.6 is 0 Å². The lowest BCUT2D eigenvalue weighted by atomic mass is 10.1. The lowest BCUT2D eigenvalue weighted by molar-refractivity contribution is 0.351. The molecule has 0 fully saturated rings. The number of rotatable bonds is 9. The van der Waals surface area contributed by atoms with E-state index < -0.39 is 0 Å². The highest BCUT2D eigenvalue weighted by molar-refractivity contribution is 5.61. The number of nitrogens with one attached hydrogen (secondary N) is 1. The Hall–Kier alpha value is -3.12. The van der Waals surface area contributed by atoms with Gasteiger partial charge in [0.05, 0.1) is 19.9 Å². The summed E-state index contributed by atoms with van der Waals surface area (Å²) in [7, 11) is 5.24. The molecule has 0 radical (unpaired) electrons. The van der Waals surface area contributed by atoms with Crippen LogP contribution < -0.4 is 14.8 Å². The van der Waals surface area contributed by atoms with Gasteiger partial charge in [-0.1, -0.05) is 12.1 Å². The first-order valence-electron chi connectivity index (χ1n) is 9.14. The number of ether oxygens (including phenoxy) is 2. The summed E-state index contributed by atoms with van der Waals surface area (Å²) < 4.78 is 12.8. The molecule has 0 saturated heterocycles. The van der Waals surface area contributed by atoms with Crippen molar-refractivity contribution >= 4 is 0 Å². The summed E-state index contributed by atoms with van der Waals surface area (Å²) in [5.74, 6) is 1.49. The number of methoxy groups -OCH3 is 2. The smallest absolute Gasteiger partial charge is 0.164 e. The summed E-state index contributed by atoms with van der Waals surface area (Å²) in [5, 5.41) is 8.09. The molecule has 0 unspecified atom stereocenters. The second kappa shape index (κ2) is 9.19. The van der Waals surface area contributed by atoms with Crippen molar-refractivity contribution in [1.82, 2.24) is 20.1 Å². The average molecular weight is 378 g/mol. The van der Waals surface area contributed by atoms with Gasteiger partial charge in [0.15, 0.2) is 11.5 Å². The Morgan fingerprint density at radius 2 is 2.04 bits per heavy atom. The molecule has 0 aliphatic heterocycles. The van der Waals surface area contributed by atoms with Gasteiger partial charge in [-0.15, -0.1) is 6.58 Å². The molecule has 2 aromatic heterocycles. The lowest BCUT2D eigenvalue weighted by Gasteiger charge is -2.15. The van der Waals surface area contributed by atoms with Crippen LogP contribution in [-0.4, -0.2) is 29.0 Å². The largest absolute Gasteiger partial charge is 0.493 e. The quantitative estimate of drug-likeness (QED) is 0.577. The molecular weight excluding hydrogens is 352 g/mol. The summed E-state index contributed by atoms with van der Waals surface area (Å²) in [6.45, 7) is 5.23. The molecule has 6 heteroatoms. The van der Waals surface area contributed by atoms with Crippen molar-refractivity contribution in [2.75, 3.05) is 14.2 Å². The predicted octanol–water partition coefficient (Wildman–Crippen LogP) is 3.52. The van der Waals surface area contributed by atoms with Gasteiger partial charge in [0.2, 0.25) is 0 Å². The Kier molecular flexibility index (Phi) is 6.45. The molecule has 0 aliphatic carbocycles. The number of nitrogens with zero attached hydrogens (tertiary/aromatic N) is 3. The van der Waals surface area contributed by atoms with Crippen LogP contribution in [0.25, 0.3) is 11.3 Å². The Labute approximate surface area is 165 Å². The second-order valence-electron chi connectivity index (χ2n) is 6.51. The van der Waals surface area contributed by atoms with E-state index in [2.05, 4.69) is 28.0 Å². The van der Waals surface area contributed by atoms with Crippen molar-refractivity contribution in [2.24, 2.45) is 7.05 Å². The van der Waals surface area contributed by atoms with E-state index in [0.717, 1.165) is 45.9 Å². The lowest BCUT2D eigenvalue weighted by Crippen LogP contribution is -2.13. The molecular formula is C22H26N4O2. The van der Waals surface area contributed by atoms with Gasteiger partial charge in [-0.3, -0.25) is 9.67 Å². The van der Waals surface area contributed by atoms with E-state index in [0.29, 0.717) is 13.1 Å². The zero-order valence-electron chi connectivity index (χ0n) is 16.6. The third-order valence-electron chi connectivity index (χ3n) is 4.46. The summed E-state index contributed by atoms with van der Waals surface area (Å²) in [4.78, 5) is 4.20. The Morgan fingerprint density at radius 3 is 2.71 bits per heavy atom. The van der Waals surface area contributed by atoms with Gasteiger partial charge >= 0.3 is 0 Å². The highest BCUT2D eigenvalue weighted by Crippen LogP contribution is 2.33. The number of benzene rings is 1. The zero-order valence-corrected chi connectivity index (χ0v) is 16.6. The van der Waals surface area contributed by atoms with Gasteiger partial charge < -0.3 is 14.8 Å². The summed E-state index contributed by atoms with van der Waals surface area (Å²) in [6, 6.07) is 8.08. The minimum absolute atomic E-state index is 0.698. The van der Waals surface area contributed by atoms with Crippen LogP contribution in [0.2, 0.25) is 0 Å². The summed E-state index contributed by atoms with van der Waals surface area (Å²) in [5.41, 5.74) is 5.27. The van der Waals surface area contributed by atoms with Crippen molar-refractivity contribution in [2.45, 2.75) is 19.5 Å². The molecule has 3 aromatic rings. The van der Waals surface area contributed by atoms with Gasteiger partial charge in [-0.25, -0.2) is 0 Å². The topological polar surface area (TPSA) is 61.2 Å². The molecule has 1 aromatic carbocycles. The highest BCUT2D eigenvalue weighted by atomic mass is 16.5. The Morgan fingerprint density at radius 1 is 1.18 bits per heavy atom. The van der Waals surface area contributed by atoms with Crippen LogP contribution in [0.5, 0.6) is 11.5 Å². The maximum Gasteiger partial charge on any atom is 0.164 e. The SMILES string of the molecule is C=CCc1cc(CNCc2cn(C)nc2-c2cccnc2)cc(OC)c1OC. The van der Waals surface area contributed by atoms with Crippen molar-refractivity contribution in [3.8, 4) is 22.8 Å². The normalized spacial score (nSPS) is 10.7. The third-order valence-corrected chi connectivity index (χ3v) is 4.46. The third kappa shape index (κ3) is 4.40. The van der Waals surface area contributed by atoms with E-state index in [-0.39, 0.29) is 0 Å². The number of aryl methyl sites for hydroxylation is 1. The van der Waals surface area contributed by atoms with Gasteiger partial charge in [-0.2, -0.15) is 5.10 Å². The van der Waals surface area contributed by atoms with Gasteiger partial charge in [-0.05, 0) is 30.2 Å². The molecule has 146 valence electrons. The fourth-order valence-corrected chi connectivity index (χ4v) is 3.27. The van der Waals surface area contributed by atoms with Crippen molar-refractivity contribution in [3.63, 3.8) is 0 Å². The molecule has 0 spiro atoms. The van der Waals surface area contributed by atoms with Gasteiger partial charge in [0.25, 0.3) is 0 Å². The maximum absolute atomic E-state index is 5.51. The molecule has 0 atom stereocenters. The minimum atomic E-state index is 0.698. The fraction of sp³-hybridized carbons (Fsp3) is 0.273. The predicted molar refractivity (Wildman–Crippen MR) is 110 cm³/mol. The fourth-order valence-electron chi connectivity index (χ4n) is 3.27. The van der Waals surface area contributed by atoms with Crippen molar-refractivity contribution in [3.05, 3.63) is 72.2 Å². The van der Waals surface area contributed by atoms with Crippen molar-refractivity contribution < 1.29 is 9.47 Å². The summed E-state index contributed by atoms with van der Waals surface area (Å²) >= 11 is 0. The van der Waals surface area contributed by atoms with Crippen LogP contribution in [0.4, 0.5) is 0 Å². The first kappa shape index (κ1) is 19.6. The molecule has 0 amide bonds. The number of aromatic nitrogens is 3. The van der Waals surface area contributed by atoms with Gasteiger partial charge in [0.1, 0.15) is 0 Å². The number of hydrogen-bond acceptors (Lipinski definition) is 5. The Balaban J connectivity index is 1.75. The monoisotopic (exact) mass is 378 g/mol. The van der Waals surface area contributed by atoms with E-state index in [1.54, 1.807) is 20.4 Å².